The van der Waals surface area contributed by atoms with Crippen LogP contribution in [0, 0.1) is 0 Å². The number of amides is 1. The SMILES string of the molecule is COCC(Oc1cc2c3c(c1)nc(-c1ccc4nc(N)sc4n1)n3CCCCO2)C(N)=O. The van der Waals surface area contributed by atoms with Gasteiger partial charge in [0.1, 0.15) is 33.1 Å². The number of ether oxygens (including phenoxy) is 3. The number of nitrogens with two attached hydrogens (primary N) is 2. The predicted molar refractivity (Wildman–Crippen MR) is 121 cm³/mol. The number of carbonyl (C=O) groups is 1. The summed E-state index contributed by atoms with van der Waals surface area (Å²) in [5.74, 6) is 1.19. The van der Waals surface area contributed by atoms with E-state index >= 15 is 0 Å². The standard InChI is InChI=1S/C21H22N6O4S/c1-29-10-16(18(22)28)31-11-8-14-17-15(9-11)30-7-3-2-6-27(17)19(24-14)12-4-5-13-20(25-12)32-21(23)26-13/h4-5,8-9,16H,2-3,6-7,10H2,1H3,(H2,22,28)(H2,23,26). The van der Waals surface area contributed by atoms with Crippen molar-refractivity contribution in [3.63, 3.8) is 0 Å². The lowest BCUT2D eigenvalue weighted by Crippen LogP contribution is -2.37. The van der Waals surface area contributed by atoms with Crippen molar-refractivity contribution in [1.82, 2.24) is 19.5 Å². The lowest BCUT2D eigenvalue weighted by molar-refractivity contribution is -0.126. The Morgan fingerprint density at radius 2 is 2.12 bits per heavy atom. The number of fused-ring (bicyclic) bond motifs is 1. The van der Waals surface area contributed by atoms with Gasteiger partial charge in [-0.2, -0.15) is 0 Å². The number of aryl methyl sites for hydroxylation is 1. The van der Waals surface area contributed by atoms with Gasteiger partial charge in [-0.15, -0.1) is 0 Å². The highest BCUT2D eigenvalue weighted by Gasteiger charge is 2.23. The zero-order valence-corrected chi connectivity index (χ0v) is 18.2. The first-order valence-electron chi connectivity index (χ1n) is 10.2. The van der Waals surface area contributed by atoms with Crippen molar-refractivity contribution in [3.8, 4) is 23.0 Å². The molecule has 1 aliphatic heterocycles. The van der Waals surface area contributed by atoms with Gasteiger partial charge in [0.15, 0.2) is 17.1 Å². The van der Waals surface area contributed by atoms with E-state index < -0.39 is 12.0 Å². The van der Waals surface area contributed by atoms with Crippen LogP contribution in [0.1, 0.15) is 12.8 Å². The molecular formula is C21H22N6O4S. The minimum atomic E-state index is -0.916. The van der Waals surface area contributed by atoms with Gasteiger partial charge in [-0.05, 0) is 25.0 Å². The van der Waals surface area contributed by atoms with Crippen LogP contribution in [0.15, 0.2) is 24.3 Å². The number of hydrogen-bond donors (Lipinski definition) is 2. The van der Waals surface area contributed by atoms with Gasteiger partial charge in [-0.3, -0.25) is 4.79 Å². The maximum atomic E-state index is 11.7. The van der Waals surface area contributed by atoms with Crippen LogP contribution in [0.5, 0.6) is 11.5 Å². The van der Waals surface area contributed by atoms with E-state index in [1.807, 2.05) is 12.1 Å². The average molecular weight is 455 g/mol. The number of nitrogen functional groups attached to an aromatic ring is 1. The van der Waals surface area contributed by atoms with Crippen LogP contribution in [0.25, 0.3) is 32.9 Å². The monoisotopic (exact) mass is 454 g/mol. The molecule has 1 amide bonds. The summed E-state index contributed by atoms with van der Waals surface area (Å²) < 4.78 is 19.0. The normalized spacial score (nSPS) is 14.7. The van der Waals surface area contributed by atoms with Crippen LogP contribution in [-0.4, -0.2) is 51.9 Å². The van der Waals surface area contributed by atoms with E-state index in [-0.39, 0.29) is 6.61 Å². The summed E-state index contributed by atoms with van der Waals surface area (Å²) in [5, 5.41) is 0.477. The van der Waals surface area contributed by atoms with E-state index in [0.29, 0.717) is 28.8 Å². The molecule has 4 N–H and O–H groups in total. The number of hydrogen-bond acceptors (Lipinski definition) is 9. The number of carbonyl (C=O) groups excluding carboxylic acids is 1. The Morgan fingerprint density at radius 1 is 1.25 bits per heavy atom. The minimum absolute atomic E-state index is 0.0468. The van der Waals surface area contributed by atoms with Crippen LogP contribution >= 0.6 is 11.3 Å². The molecule has 0 aliphatic carbocycles. The molecule has 0 radical (unpaired) electrons. The Labute approximate surface area is 187 Å². The fourth-order valence-corrected chi connectivity index (χ4v) is 4.50. The number of primary amides is 1. The summed E-state index contributed by atoms with van der Waals surface area (Å²) in [6.07, 6.45) is 0.930. The molecule has 0 saturated heterocycles. The Balaban J connectivity index is 1.64. The van der Waals surface area contributed by atoms with Crippen LogP contribution in [-0.2, 0) is 16.1 Å². The number of thiazole rings is 1. The molecule has 0 saturated carbocycles. The minimum Gasteiger partial charge on any atom is -0.491 e. The van der Waals surface area contributed by atoms with Crippen molar-refractivity contribution < 1.29 is 19.0 Å². The highest BCUT2D eigenvalue weighted by atomic mass is 32.1. The highest BCUT2D eigenvalue weighted by Crippen LogP contribution is 2.37. The quantitative estimate of drug-likeness (QED) is 0.452. The lowest BCUT2D eigenvalue weighted by atomic mass is 10.2. The second kappa shape index (κ2) is 8.24. The molecule has 3 aromatic heterocycles. The molecule has 0 fully saturated rings. The van der Waals surface area contributed by atoms with Crippen molar-refractivity contribution in [1.29, 1.82) is 0 Å². The summed E-state index contributed by atoms with van der Waals surface area (Å²) in [6.45, 7) is 1.41. The van der Waals surface area contributed by atoms with Crippen LogP contribution in [0.4, 0.5) is 5.13 Å². The fraction of sp³-hybridized carbons (Fsp3) is 0.333. The molecule has 32 heavy (non-hydrogen) atoms. The largest absolute Gasteiger partial charge is 0.491 e. The van der Waals surface area contributed by atoms with Gasteiger partial charge < -0.3 is 30.2 Å². The van der Waals surface area contributed by atoms with Crippen molar-refractivity contribution in [2.75, 3.05) is 26.1 Å². The topological polar surface area (TPSA) is 140 Å². The Bertz CT molecular complexity index is 1320. The summed E-state index contributed by atoms with van der Waals surface area (Å²) in [7, 11) is 1.48. The van der Waals surface area contributed by atoms with E-state index in [1.54, 1.807) is 12.1 Å². The third kappa shape index (κ3) is 3.69. The fourth-order valence-electron chi connectivity index (χ4n) is 3.80. The second-order valence-electron chi connectivity index (χ2n) is 7.47. The molecule has 1 aliphatic rings. The molecular weight excluding hydrogens is 432 g/mol. The number of pyridine rings is 1. The van der Waals surface area contributed by atoms with Gasteiger partial charge in [0, 0.05) is 25.8 Å². The van der Waals surface area contributed by atoms with Crippen LogP contribution < -0.4 is 20.9 Å². The molecule has 1 atom stereocenters. The average Bonchev–Trinajstić information content (AvgIpc) is 3.29. The Morgan fingerprint density at radius 3 is 2.94 bits per heavy atom. The van der Waals surface area contributed by atoms with Gasteiger partial charge >= 0.3 is 0 Å². The first kappa shape index (κ1) is 20.5. The predicted octanol–water partition coefficient (Wildman–Crippen LogP) is 2.34. The van der Waals surface area contributed by atoms with Gasteiger partial charge in [0.05, 0.1) is 18.7 Å². The Hall–Kier alpha value is -3.44. The summed E-state index contributed by atoms with van der Waals surface area (Å²) in [4.78, 5) is 26.4. The number of anilines is 1. The molecule has 4 aromatic rings. The van der Waals surface area contributed by atoms with Crippen molar-refractivity contribution in [2.45, 2.75) is 25.5 Å². The number of imidazole rings is 1. The van der Waals surface area contributed by atoms with Gasteiger partial charge in [0.25, 0.3) is 5.91 Å². The lowest BCUT2D eigenvalue weighted by Gasteiger charge is -2.18. The zero-order chi connectivity index (χ0) is 22.2. The van der Waals surface area contributed by atoms with Crippen molar-refractivity contribution >= 4 is 43.8 Å². The van der Waals surface area contributed by atoms with Crippen LogP contribution in [0.3, 0.4) is 0 Å². The number of methoxy groups -OCH3 is 1. The van der Waals surface area contributed by atoms with E-state index in [1.165, 1.54) is 18.4 Å². The molecule has 0 bridgehead atoms. The molecule has 0 spiro atoms. The second-order valence-corrected chi connectivity index (χ2v) is 8.48. The number of rotatable bonds is 6. The maximum absolute atomic E-state index is 11.7. The van der Waals surface area contributed by atoms with E-state index in [9.17, 15) is 4.79 Å². The van der Waals surface area contributed by atoms with E-state index in [0.717, 1.165) is 46.8 Å². The third-order valence-corrected chi connectivity index (χ3v) is 6.02. The van der Waals surface area contributed by atoms with Gasteiger partial charge in [-0.25, -0.2) is 15.0 Å². The molecule has 11 heteroatoms. The summed E-state index contributed by atoms with van der Waals surface area (Å²) in [6, 6.07) is 7.33. The third-order valence-electron chi connectivity index (χ3n) is 5.23. The number of aromatic nitrogens is 4. The van der Waals surface area contributed by atoms with Crippen molar-refractivity contribution in [3.05, 3.63) is 24.3 Å². The van der Waals surface area contributed by atoms with Crippen LogP contribution in [0.2, 0.25) is 0 Å². The molecule has 4 heterocycles. The number of benzene rings is 1. The molecule has 166 valence electrons. The maximum Gasteiger partial charge on any atom is 0.260 e. The molecule has 5 rings (SSSR count). The molecule has 1 aromatic carbocycles. The van der Waals surface area contributed by atoms with Gasteiger partial charge in [-0.1, -0.05) is 11.3 Å². The summed E-state index contributed by atoms with van der Waals surface area (Å²) in [5.41, 5.74) is 14.3. The molecule has 10 nitrogen and oxygen atoms in total. The molecule has 1 unspecified atom stereocenters. The van der Waals surface area contributed by atoms with Gasteiger partial charge in [0.2, 0.25) is 0 Å². The van der Waals surface area contributed by atoms with E-state index in [4.69, 9.17) is 35.6 Å². The first-order chi connectivity index (χ1) is 15.5. The zero-order valence-electron chi connectivity index (χ0n) is 17.4. The number of nitrogens with zero attached hydrogens (tertiary/aromatic N) is 4. The summed E-state index contributed by atoms with van der Waals surface area (Å²) >= 11 is 1.34. The van der Waals surface area contributed by atoms with Crippen molar-refractivity contribution in [2.24, 2.45) is 5.73 Å². The smallest absolute Gasteiger partial charge is 0.260 e. The highest BCUT2D eigenvalue weighted by molar-refractivity contribution is 7.21. The van der Waals surface area contributed by atoms with E-state index in [2.05, 4.69) is 9.55 Å². The first-order valence-corrected chi connectivity index (χ1v) is 11.0. The Kier molecular flexibility index (Phi) is 5.27.